The van der Waals surface area contributed by atoms with Gasteiger partial charge in [0.25, 0.3) is 0 Å². The second-order valence-corrected chi connectivity index (χ2v) is 2.57. The van der Waals surface area contributed by atoms with Crippen LogP contribution >= 0.6 is 0 Å². The second-order valence-electron chi connectivity index (χ2n) is 2.57. The lowest BCUT2D eigenvalue weighted by Gasteiger charge is -2.06. The third-order valence-electron chi connectivity index (χ3n) is 1.15. The quantitative estimate of drug-likeness (QED) is 0.230. The summed E-state index contributed by atoms with van der Waals surface area (Å²) in [6.45, 7) is 5.79. The largest absolute Gasteiger partial charge is 0.404 e. The maximum absolute atomic E-state index is 5.29. The molecule has 0 bridgehead atoms. The van der Waals surface area contributed by atoms with Crippen molar-refractivity contribution in [2.75, 3.05) is 0 Å². The molecule has 0 spiro atoms. The van der Waals surface area contributed by atoms with Crippen LogP contribution in [0.25, 0.3) is 0 Å². The molecule has 4 nitrogen and oxygen atoms in total. The van der Waals surface area contributed by atoms with Crippen molar-refractivity contribution in [2.45, 2.75) is 26.8 Å². The third-order valence-corrected chi connectivity index (χ3v) is 1.15. The van der Waals surface area contributed by atoms with Crippen molar-refractivity contribution in [3.63, 3.8) is 0 Å². The fraction of sp³-hybridized carbons (Fsp3) is 0.571. The number of nitrogens with zero attached hydrogens (tertiary/aromatic N) is 1. The zero-order valence-corrected chi connectivity index (χ0v) is 7.26. The molecule has 0 saturated carbocycles. The number of rotatable bonds is 2. The first-order valence-corrected chi connectivity index (χ1v) is 3.55. The van der Waals surface area contributed by atoms with Gasteiger partial charge in [-0.3, -0.25) is 4.99 Å². The monoisotopic (exact) mass is 156 g/mol. The first-order valence-electron chi connectivity index (χ1n) is 3.55. The van der Waals surface area contributed by atoms with Gasteiger partial charge in [-0.15, -0.1) is 0 Å². The van der Waals surface area contributed by atoms with Crippen molar-refractivity contribution >= 4 is 5.84 Å². The van der Waals surface area contributed by atoms with Gasteiger partial charge in [0.2, 0.25) is 0 Å². The van der Waals surface area contributed by atoms with Gasteiger partial charge in [-0.2, -0.15) is 0 Å². The number of hydrogen-bond donors (Lipinski definition) is 3. The van der Waals surface area contributed by atoms with Crippen molar-refractivity contribution in [1.82, 2.24) is 5.43 Å². The first kappa shape index (κ1) is 9.97. The van der Waals surface area contributed by atoms with E-state index < -0.39 is 0 Å². The smallest absolute Gasteiger partial charge is 0.139 e. The minimum atomic E-state index is 0.218. The summed E-state index contributed by atoms with van der Waals surface area (Å²) in [5.41, 5.74) is 8.62. The molecule has 64 valence electrons. The Labute approximate surface area is 67.3 Å². The molecule has 5 N–H and O–H groups in total. The summed E-state index contributed by atoms with van der Waals surface area (Å²) >= 11 is 0. The highest BCUT2D eigenvalue weighted by Crippen LogP contribution is 1.94. The van der Waals surface area contributed by atoms with E-state index in [1.54, 1.807) is 0 Å². The van der Waals surface area contributed by atoms with E-state index in [2.05, 4.69) is 10.4 Å². The van der Waals surface area contributed by atoms with Gasteiger partial charge in [0.15, 0.2) is 0 Å². The Kier molecular flexibility index (Phi) is 4.29. The zero-order chi connectivity index (χ0) is 8.85. The molecule has 0 aromatic rings. The molecule has 0 aliphatic carbocycles. The Bertz CT molecular complexity index is 169. The van der Waals surface area contributed by atoms with Gasteiger partial charge >= 0.3 is 0 Å². The standard InChI is InChI=1S/C7H16N4/c1-5(2)10-7(11-9)6(3)4-8/h4-5H,8-9H2,1-3H3,(H,10,11)/b6-4-. The lowest BCUT2D eigenvalue weighted by atomic mass is 10.3. The van der Waals surface area contributed by atoms with E-state index in [0.717, 1.165) is 5.57 Å². The van der Waals surface area contributed by atoms with Crippen molar-refractivity contribution in [3.05, 3.63) is 11.8 Å². The van der Waals surface area contributed by atoms with Crippen molar-refractivity contribution in [1.29, 1.82) is 0 Å². The molecule has 0 unspecified atom stereocenters. The minimum absolute atomic E-state index is 0.218. The first-order chi connectivity index (χ1) is 5.11. The van der Waals surface area contributed by atoms with E-state index >= 15 is 0 Å². The van der Waals surface area contributed by atoms with Gasteiger partial charge in [-0.25, -0.2) is 5.84 Å². The molecule has 4 heteroatoms. The average Bonchev–Trinajstić information content (AvgIpc) is 1.98. The van der Waals surface area contributed by atoms with Crippen LogP contribution in [0, 0.1) is 0 Å². The highest BCUT2D eigenvalue weighted by molar-refractivity contribution is 5.97. The summed E-state index contributed by atoms with van der Waals surface area (Å²) in [5.74, 6) is 5.86. The summed E-state index contributed by atoms with van der Waals surface area (Å²) in [6, 6.07) is 0.218. The summed E-state index contributed by atoms with van der Waals surface area (Å²) in [6.07, 6.45) is 1.47. The predicted molar refractivity (Wildman–Crippen MR) is 47.8 cm³/mol. The molecule has 0 rings (SSSR count). The summed E-state index contributed by atoms with van der Waals surface area (Å²) in [7, 11) is 0. The van der Waals surface area contributed by atoms with E-state index in [9.17, 15) is 0 Å². The highest BCUT2D eigenvalue weighted by atomic mass is 15.3. The Morgan fingerprint density at radius 2 is 2.09 bits per heavy atom. The predicted octanol–water partition coefficient (Wildman–Crippen LogP) is 0.119. The Balaban J connectivity index is 4.40. The molecule has 0 radical (unpaired) electrons. The highest BCUT2D eigenvalue weighted by Gasteiger charge is 1.98. The van der Waals surface area contributed by atoms with Crippen LogP contribution in [0.3, 0.4) is 0 Å². The molecular formula is C7H16N4. The third kappa shape index (κ3) is 3.62. The molecule has 0 amide bonds. The van der Waals surface area contributed by atoms with Crippen LogP contribution in [0.4, 0.5) is 0 Å². The van der Waals surface area contributed by atoms with Crippen LogP contribution in [0.15, 0.2) is 16.8 Å². The van der Waals surface area contributed by atoms with Crippen molar-refractivity contribution < 1.29 is 0 Å². The van der Waals surface area contributed by atoms with Gasteiger partial charge in [0, 0.05) is 17.8 Å². The average molecular weight is 156 g/mol. The molecule has 0 aliphatic heterocycles. The number of amidine groups is 1. The van der Waals surface area contributed by atoms with Gasteiger partial charge in [-0.05, 0) is 20.8 Å². The lowest BCUT2D eigenvalue weighted by Crippen LogP contribution is -2.32. The Hall–Kier alpha value is -1.03. The Morgan fingerprint density at radius 3 is 2.36 bits per heavy atom. The number of aliphatic imine (C=N–C) groups is 1. The van der Waals surface area contributed by atoms with Crippen molar-refractivity contribution in [3.8, 4) is 0 Å². The fourth-order valence-corrected chi connectivity index (χ4v) is 0.590. The molecule has 0 aromatic carbocycles. The van der Waals surface area contributed by atoms with E-state index in [-0.39, 0.29) is 6.04 Å². The van der Waals surface area contributed by atoms with E-state index in [1.807, 2.05) is 20.8 Å². The van der Waals surface area contributed by atoms with Crippen LogP contribution in [0.5, 0.6) is 0 Å². The number of hydrazine groups is 1. The normalized spacial score (nSPS) is 13.9. The minimum Gasteiger partial charge on any atom is -0.404 e. The van der Waals surface area contributed by atoms with Gasteiger partial charge in [0.05, 0.1) is 0 Å². The SMILES string of the molecule is C/C(=C/N)C(=NC(C)C)NN. The maximum Gasteiger partial charge on any atom is 0.139 e. The molecule has 0 fully saturated rings. The fourth-order valence-electron chi connectivity index (χ4n) is 0.590. The van der Waals surface area contributed by atoms with E-state index in [4.69, 9.17) is 11.6 Å². The number of hydrogen-bond acceptors (Lipinski definition) is 3. The molecule has 11 heavy (non-hydrogen) atoms. The van der Waals surface area contributed by atoms with Crippen molar-refractivity contribution in [2.24, 2.45) is 16.6 Å². The Morgan fingerprint density at radius 1 is 1.55 bits per heavy atom. The summed E-state index contributed by atoms with van der Waals surface area (Å²) < 4.78 is 0. The summed E-state index contributed by atoms with van der Waals surface area (Å²) in [4.78, 5) is 4.20. The topological polar surface area (TPSA) is 76.4 Å². The second kappa shape index (κ2) is 4.73. The lowest BCUT2D eigenvalue weighted by molar-refractivity contribution is 0.819. The number of nitrogens with two attached hydrogens (primary N) is 2. The van der Waals surface area contributed by atoms with Gasteiger partial charge < -0.3 is 11.2 Å². The van der Waals surface area contributed by atoms with Crippen LogP contribution in [-0.4, -0.2) is 11.9 Å². The van der Waals surface area contributed by atoms with E-state index in [0.29, 0.717) is 5.84 Å². The van der Waals surface area contributed by atoms with Crippen LogP contribution < -0.4 is 17.0 Å². The molecular weight excluding hydrogens is 140 g/mol. The molecule has 0 atom stereocenters. The molecule has 0 heterocycles. The van der Waals surface area contributed by atoms with E-state index in [1.165, 1.54) is 6.20 Å². The van der Waals surface area contributed by atoms with Gasteiger partial charge in [0.1, 0.15) is 5.84 Å². The van der Waals surface area contributed by atoms with Crippen LogP contribution in [0.2, 0.25) is 0 Å². The van der Waals surface area contributed by atoms with Crippen LogP contribution in [0.1, 0.15) is 20.8 Å². The van der Waals surface area contributed by atoms with Crippen LogP contribution in [-0.2, 0) is 0 Å². The molecule has 0 aromatic heterocycles. The zero-order valence-electron chi connectivity index (χ0n) is 7.26. The number of nitrogens with one attached hydrogen (secondary N) is 1. The molecule has 0 saturated heterocycles. The van der Waals surface area contributed by atoms with Gasteiger partial charge in [-0.1, -0.05) is 0 Å². The molecule has 0 aliphatic rings. The maximum atomic E-state index is 5.29. The summed E-state index contributed by atoms with van der Waals surface area (Å²) in [5, 5.41) is 0.